The summed E-state index contributed by atoms with van der Waals surface area (Å²) in [6.07, 6.45) is 0.935. The lowest BCUT2D eigenvalue weighted by atomic mass is 10.1. The number of nitrogens with one attached hydrogen (secondary N) is 1. The lowest BCUT2D eigenvalue weighted by Crippen LogP contribution is -2.37. The van der Waals surface area contributed by atoms with Crippen LogP contribution in [-0.2, 0) is 11.3 Å². The molecule has 0 amide bonds. The molecule has 4 nitrogen and oxygen atoms in total. The fraction of sp³-hybridized carbons (Fsp3) is 0.625. The van der Waals surface area contributed by atoms with Crippen LogP contribution in [0.15, 0.2) is 18.2 Å². The molecule has 4 heteroatoms. The van der Waals surface area contributed by atoms with Gasteiger partial charge in [-0.15, -0.1) is 0 Å². The molecule has 2 rings (SSSR count). The number of hydrogen-bond donors (Lipinski definition) is 1. The van der Waals surface area contributed by atoms with Gasteiger partial charge in [0.05, 0.1) is 18.8 Å². The van der Waals surface area contributed by atoms with E-state index in [4.69, 9.17) is 14.2 Å². The summed E-state index contributed by atoms with van der Waals surface area (Å²) in [4.78, 5) is 0. The maximum atomic E-state index is 5.70. The summed E-state index contributed by atoms with van der Waals surface area (Å²) in [5, 5.41) is 3.43. The van der Waals surface area contributed by atoms with Crippen LogP contribution in [0.3, 0.4) is 0 Å². The van der Waals surface area contributed by atoms with Gasteiger partial charge in [0.2, 0.25) is 0 Å². The molecule has 1 N–H and O–H groups in total. The lowest BCUT2D eigenvalue weighted by Gasteiger charge is -2.25. The number of hydrogen-bond acceptors (Lipinski definition) is 4. The standard InChI is InChI=1S/C16H25NO3/c1-4-20-16(2,3)12-17-11-13-6-7-14-15(10-13)19-9-5-8-18-14/h6-7,10,17H,4-5,8-9,11-12H2,1-3H3. The molecule has 0 spiro atoms. The quantitative estimate of drug-likeness (QED) is 0.869. The third kappa shape index (κ3) is 4.39. The first-order valence-corrected chi connectivity index (χ1v) is 7.34. The third-order valence-electron chi connectivity index (χ3n) is 3.23. The third-order valence-corrected chi connectivity index (χ3v) is 3.23. The Morgan fingerprint density at radius 1 is 1.20 bits per heavy atom. The molecule has 1 aromatic rings. The van der Waals surface area contributed by atoms with Crippen molar-refractivity contribution in [1.82, 2.24) is 5.32 Å². The van der Waals surface area contributed by atoms with E-state index in [1.54, 1.807) is 0 Å². The smallest absolute Gasteiger partial charge is 0.161 e. The summed E-state index contributed by atoms with van der Waals surface area (Å²) in [6.45, 7) is 10.0. The monoisotopic (exact) mass is 279 g/mol. The van der Waals surface area contributed by atoms with Gasteiger partial charge in [0.15, 0.2) is 11.5 Å². The van der Waals surface area contributed by atoms with Crippen molar-refractivity contribution < 1.29 is 14.2 Å². The molecular weight excluding hydrogens is 254 g/mol. The average molecular weight is 279 g/mol. The molecule has 1 aliphatic heterocycles. The van der Waals surface area contributed by atoms with Gasteiger partial charge in [0.25, 0.3) is 0 Å². The maximum absolute atomic E-state index is 5.70. The van der Waals surface area contributed by atoms with Crippen LogP contribution in [0.1, 0.15) is 32.8 Å². The van der Waals surface area contributed by atoms with E-state index in [9.17, 15) is 0 Å². The van der Waals surface area contributed by atoms with E-state index in [2.05, 4.69) is 31.3 Å². The van der Waals surface area contributed by atoms with Crippen molar-refractivity contribution in [3.05, 3.63) is 23.8 Å². The normalized spacial score (nSPS) is 14.9. The minimum absolute atomic E-state index is 0.139. The highest BCUT2D eigenvalue weighted by molar-refractivity contribution is 5.43. The predicted molar refractivity (Wildman–Crippen MR) is 79.5 cm³/mol. The number of fused-ring (bicyclic) bond motifs is 1. The second-order valence-corrected chi connectivity index (χ2v) is 5.63. The lowest BCUT2D eigenvalue weighted by molar-refractivity contribution is -0.00897. The van der Waals surface area contributed by atoms with Crippen molar-refractivity contribution in [2.75, 3.05) is 26.4 Å². The molecule has 1 aromatic carbocycles. The Morgan fingerprint density at radius 3 is 2.70 bits per heavy atom. The van der Waals surface area contributed by atoms with Gasteiger partial charge in [0, 0.05) is 26.1 Å². The van der Waals surface area contributed by atoms with Crippen LogP contribution in [0, 0.1) is 0 Å². The molecule has 0 atom stereocenters. The predicted octanol–water partition coefficient (Wildman–Crippen LogP) is 2.75. The van der Waals surface area contributed by atoms with Gasteiger partial charge >= 0.3 is 0 Å². The molecule has 0 saturated carbocycles. The highest BCUT2D eigenvalue weighted by Gasteiger charge is 2.17. The van der Waals surface area contributed by atoms with Crippen LogP contribution < -0.4 is 14.8 Å². The van der Waals surface area contributed by atoms with E-state index in [1.165, 1.54) is 5.56 Å². The average Bonchev–Trinajstić information content (AvgIpc) is 2.63. The van der Waals surface area contributed by atoms with Gasteiger partial charge in [-0.1, -0.05) is 6.07 Å². The number of benzene rings is 1. The summed E-state index contributed by atoms with van der Waals surface area (Å²) in [5.41, 5.74) is 1.06. The number of rotatable bonds is 6. The zero-order valence-electron chi connectivity index (χ0n) is 12.7. The Morgan fingerprint density at radius 2 is 1.95 bits per heavy atom. The zero-order chi connectivity index (χ0) is 14.4. The molecule has 0 unspecified atom stereocenters. The summed E-state index contributed by atoms with van der Waals surface area (Å²) in [6, 6.07) is 6.13. The van der Waals surface area contributed by atoms with E-state index < -0.39 is 0 Å². The minimum atomic E-state index is -0.139. The molecular formula is C16H25NO3. The van der Waals surface area contributed by atoms with E-state index in [0.717, 1.165) is 50.8 Å². The van der Waals surface area contributed by atoms with E-state index in [0.29, 0.717) is 0 Å². The first-order chi connectivity index (χ1) is 9.61. The summed E-state index contributed by atoms with van der Waals surface area (Å²) in [5.74, 6) is 1.70. The molecule has 112 valence electrons. The van der Waals surface area contributed by atoms with Gasteiger partial charge in [0.1, 0.15) is 0 Å². The Balaban J connectivity index is 1.89. The van der Waals surface area contributed by atoms with Crippen LogP contribution in [0.2, 0.25) is 0 Å². The Kier molecular flexibility index (Phi) is 5.26. The molecule has 0 aliphatic carbocycles. The largest absolute Gasteiger partial charge is 0.490 e. The molecule has 0 saturated heterocycles. The van der Waals surface area contributed by atoms with Crippen molar-refractivity contribution in [1.29, 1.82) is 0 Å². The van der Waals surface area contributed by atoms with Gasteiger partial charge in [-0.05, 0) is 38.5 Å². The first-order valence-electron chi connectivity index (χ1n) is 7.34. The molecule has 0 bridgehead atoms. The summed E-state index contributed by atoms with van der Waals surface area (Å²) in [7, 11) is 0. The van der Waals surface area contributed by atoms with Crippen molar-refractivity contribution in [2.24, 2.45) is 0 Å². The summed E-state index contributed by atoms with van der Waals surface area (Å²) < 4.78 is 17.0. The molecule has 0 radical (unpaired) electrons. The van der Waals surface area contributed by atoms with Crippen molar-refractivity contribution in [3.63, 3.8) is 0 Å². The Labute approximate surface area is 121 Å². The van der Waals surface area contributed by atoms with Gasteiger partial charge in [-0.25, -0.2) is 0 Å². The van der Waals surface area contributed by atoms with Crippen LogP contribution in [0.5, 0.6) is 11.5 Å². The molecule has 0 aromatic heterocycles. The molecule has 20 heavy (non-hydrogen) atoms. The zero-order valence-corrected chi connectivity index (χ0v) is 12.7. The summed E-state index contributed by atoms with van der Waals surface area (Å²) >= 11 is 0. The van der Waals surface area contributed by atoms with E-state index >= 15 is 0 Å². The maximum Gasteiger partial charge on any atom is 0.161 e. The van der Waals surface area contributed by atoms with E-state index in [-0.39, 0.29) is 5.60 Å². The van der Waals surface area contributed by atoms with Gasteiger partial charge in [-0.2, -0.15) is 0 Å². The fourth-order valence-electron chi connectivity index (χ4n) is 2.27. The van der Waals surface area contributed by atoms with Crippen molar-refractivity contribution in [3.8, 4) is 11.5 Å². The van der Waals surface area contributed by atoms with Gasteiger partial charge < -0.3 is 19.5 Å². The Bertz CT molecular complexity index is 432. The second-order valence-electron chi connectivity index (χ2n) is 5.63. The SMILES string of the molecule is CCOC(C)(C)CNCc1ccc2c(c1)OCCCO2. The van der Waals surface area contributed by atoms with Crippen LogP contribution in [0.4, 0.5) is 0 Å². The minimum Gasteiger partial charge on any atom is -0.490 e. The van der Waals surface area contributed by atoms with Crippen molar-refractivity contribution in [2.45, 2.75) is 39.3 Å². The van der Waals surface area contributed by atoms with Crippen molar-refractivity contribution >= 4 is 0 Å². The van der Waals surface area contributed by atoms with Gasteiger partial charge in [-0.3, -0.25) is 0 Å². The molecule has 1 heterocycles. The molecule has 1 aliphatic rings. The number of ether oxygens (including phenoxy) is 3. The van der Waals surface area contributed by atoms with Crippen LogP contribution >= 0.6 is 0 Å². The topological polar surface area (TPSA) is 39.7 Å². The fourth-order valence-corrected chi connectivity index (χ4v) is 2.27. The first kappa shape index (κ1) is 15.1. The second kappa shape index (κ2) is 6.95. The Hall–Kier alpha value is -1.26. The highest BCUT2D eigenvalue weighted by atomic mass is 16.5. The highest BCUT2D eigenvalue weighted by Crippen LogP contribution is 2.30. The molecule has 0 fully saturated rings. The van der Waals surface area contributed by atoms with E-state index in [1.807, 2.05) is 13.0 Å². The van der Waals surface area contributed by atoms with Crippen LogP contribution in [0.25, 0.3) is 0 Å². The van der Waals surface area contributed by atoms with Crippen LogP contribution in [-0.4, -0.2) is 32.0 Å².